The van der Waals surface area contributed by atoms with Gasteiger partial charge in [-0.3, -0.25) is 0 Å². The normalized spacial score (nSPS) is 14.6. The van der Waals surface area contributed by atoms with Gasteiger partial charge in [-0.1, -0.05) is 0 Å². The standard InChI is InChI=1S/C12H10F9NO2S/c13-9(14,10(15,16)11(17,18)12(19,20)21)5-6-25(23,24)8-3-1-7(22)2-4-8/h1-4H,5-6,22H2. The second-order valence-corrected chi connectivity index (χ2v) is 7.10. The number of rotatable bonds is 6. The van der Waals surface area contributed by atoms with Crippen LogP contribution in [-0.2, 0) is 9.84 Å². The Morgan fingerprint density at radius 1 is 0.800 bits per heavy atom. The largest absolute Gasteiger partial charge is 0.460 e. The molecule has 1 aromatic rings. The Bertz CT molecular complexity index is 711. The monoisotopic (exact) mass is 403 g/mol. The fraction of sp³-hybridized carbons (Fsp3) is 0.500. The van der Waals surface area contributed by atoms with E-state index in [1.165, 1.54) is 0 Å². The van der Waals surface area contributed by atoms with Crippen molar-refractivity contribution in [1.29, 1.82) is 0 Å². The molecule has 0 saturated heterocycles. The van der Waals surface area contributed by atoms with Crippen molar-refractivity contribution in [2.45, 2.75) is 35.3 Å². The summed E-state index contributed by atoms with van der Waals surface area (Å²) in [5, 5.41) is 0. The van der Waals surface area contributed by atoms with E-state index in [2.05, 4.69) is 0 Å². The molecule has 1 aromatic carbocycles. The lowest BCUT2D eigenvalue weighted by molar-refractivity contribution is -0.396. The van der Waals surface area contributed by atoms with Gasteiger partial charge < -0.3 is 5.73 Å². The van der Waals surface area contributed by atoms with E-state index in [1.807, 2.05) is 0 Å². The number of anilines is 1. The van der Waals surface area contributed by atoms with E-state index in [4.69, 9.17) is 5.73 Å². The Morgan fingerprint density at radius 3 is 1.64 bits per heavy atom. The number of sulfone groups is 1. The van der Waals surface area contributed by atoms with E-state index >= 15 is 0 Å². The quantitative estimate of drug-likeness (QED) is 0.579. The minimum absolute atomic E-state index is 0.0839. The maximum atomic E-state index is 13.3. The Kier molecular flexibility index (Phi) is 5.35. The van der Waals surface area contributed by atoms with Gasteiger partial charge in [-0.15, -0.1) is 0 Å². The van der Waals surface area contributed by atoms with Gasteiger partial charge in [-0.2, -0.15) is 39.5 Å². The van der Waals surface area contributed by atoms with Gasteiger partial charge in [0.15, 0.2) is 9.84 Å². The molecule has 0 heterocycles. The third kappa shape index (κ3) is 3.96. The van der Waals surface area contributed by atoms with Crippen molar-refractivity contribution < 1.29 is 47.9 Å². The Morgan fingerprint density at radius 2 is 1.24 bits per heavy atom. The van der Waals surface area contributed by atoms with Gasteiger partial charge in [-0.05, 0) is 24.3 Å². The molecule has 0 amide bonds. The predicted molar refractivity (Wildman–Crippen MR) is 68.4 cm³/mol. The molecule has 0 spiro atoms. The molecule has 0 unspecified atom stereocenters. The van der Waals surface area contributed by atoms with E-state index in [1.54, 1.807) is 0 Å². The highest BCUT2D eigenvalue weighted by Crippen LogP contribution is 2.54. The molecule has 25 heavy (non-hydrogen) atoms. The summed E-state index contributed by atoms with van der Waals surface area (Å²) in [4.78, 5) is -0.636. The van der Waals surface area contributed by atoms with Crippen LogP contribution in [0.4, 0.5) is 45.2 Å². The summed E-state index contributed by atoms with van der Waals surface area (Å²) in [6.07, 6.45) is -9.39. The highest BCUT2D eigenvalue weighted by molar-refractivity contribution is 7.91. The van der Waals surface area contributed by atoms with E-state index in [-0.39, 0.29) is 5.69 Å². The molecule has 0 fully saturated rings. The summed E-state index contributed by atoms with van der Waals surface area (Å²) >= 11 is 0. The van der Waals surface area contributed by atoms with Crippen LogP contribution >= 0.6 is 0 Å². The van der Waals surface area contributed by atoms with E-state index < -0.39 is 50.9 Å². The molecule has 0 aliphatic rings. The first-order valence-electron chi connectivity index (χ1n) is 6.24. The van der Waals surface area contributed by atoms with E-state index in [9.17, 15) is 47.9 Å². The van der Waals surface area contributed by atoms with E-state index in [0.29, 0.717) is 0 Å². The van der Waals surface area contributed by atoms with Crippen molar-refractivity contribution in [1.82, 2.24) is 0 Å². The third-order valence-corrected chi connectivity index (χ3v) is 4.87. The van der Waals surface area contributed by atoms with Crippen LogP contribution in [0.15, 0.2) is 29.2 Å². The summed E-state index contributed by atoms with van der Waals surface area (Å²) in [6, 6.07) is 3.76. The van der Waals surface area contributed by atoms with E-state index in [0.717, 1.165) is 24.3 Å². The minimum atomic E-state index is -7.05. The maximum Gasteiger partial charge on any atom is 0.460 e. The SMILES string of the molecule is Nc1ccc(S(=O)(=O)CCC(F)(F)C(F)(F)C(F)(F)C(F)(F)F)cc1. The molecular weight excluding hydrogens is 393 g/mol. The summed E-state index contributed by atoms with van der Waals surface area (Å²) in [6.45, 7) is 0. The molecular formula is C12H10F9NO2S. The first-order valence-corrected chi connectivity index (χ1v) is 7.89. The summed E-state index contributed by atoms with van der Waals surface area (Å²) in [5.74, 6) is -21.6. The lowest BCUT2D eigenvalue weighted by atomic mass is 10.0. The molecule has 13 heteroatoms. The number of nitrogen functional groups attached to an aromatic ring is 1. The van der Waals surface area contributed by atoms with Crippen LogP contribution in [0.3, 0.4) is 0 Å². The lowest BCUT2D eigenvalue weighted by Crippen LogP contribution is -2.61. The third-order valence-electron chi connectivity index (χ3n) is 3.13. The van der Waals surface area contributed by atoms with Crippen LogP contribution in [0.5, 0.6) is 0 Å². The molecule has 0 aromatic heterocycles. The molecule has 0 saturated carbocycles. The molecule has 0 aliphatic heterocycles. The van der Waals surface area contributed by atoms with Crippen LogP contribution in [-0.4, -0.2) is 38.1 Å². The number of hydrogen-bond donors (Lipinski definition) is 1. The number of nitrogens with two attached hydrogens (primary N) is 1. The van der Waals surface area contributed by atoms with Gasteiger partial charge in [0.05, 0.1) is 10.6 Å². The minimum Gasteiger partial charge on any atom is -0.399 e. The van der Waals surface area contributed by atoms with Gasteiger partial charge in [0.2, 0.25) is 0 Å². The molecule has 144 valence electrons. The number of halogens is 9. The van der Waals surface area contributed by atoms with Gasteiger partial charge in [0.1, 0.15) is 0 Å². The van der Waals surface area contributed by atoms with Crippen molar-refractivity contribution in [3.05, 3.63) is 24.3 Å². The molecule has 0 bridgehead atoms. The van der Waals surface area contributed by atoms with Crippen molar-refractivity contribution >= 4 is 15.5 Å². The molecule has 0 aliphatic carbocycles. The predicted octanol–water partition coefficient (Wildman–Crippen LogP) is 3.90. The van der Waals surface area contributed by atoms with Gasteiger partial charge in [-0.25, -0.2) is 8.42 Å². The highest BCUT2D eigenvalue weighted by Gasteiger charge is 2.81. The van der Waals surface area contributed by atoms with Gasteiger partial charge in [0.25, 0.3) is 0 Å². The van der Waals surface area contributed by atoms with Gasteiger partial charge in [0, 0.05) is 12.1 Å². The van der Waals surface area contributed by atoms with Gasteiger partial charge >= 0.3 is 23.9 Å². The van der Waals surface area contributed by atoms with Crippen molar-refractivity contribution in [2.24, 2.45) is 0 Å². The Balaban J connectivity index is 3.06. The molecule has 0 atom stereocenters. The van der Waals surface area contributed by atoms with Crippen molar-refractivity contribution in [3.63, 3.8) is 0 Å². The van der Waals surface area contributed by atoms with Crippen LogP contribution in [0, 0.1) is 0 Å². The second kappa shape index (κ2) is 6.25. The zero-order valence-electron chi connectivity index (χ0n) is 11.9. The lowest BCUT2D eigenvalue weighted by Gasteiger charge is -2.33. The van der Waals surface area contributed by atoms with Crippen LogP contribution in [0.25, 0.3) is 0 Å². The summed E-state index contributed by atoms with van der Waals surface area (Å²) in [5.41, 5.74) is 5.34. The Hall–Kier alpha value is -1.66. The highest BCUT2D eigenvalue weighted by atomic mass is 32.2. The van der Waals surface area contributed by atoms with Crippen LogP contribution in [0.2, 0.25) is 0 Å². The van der Waals surface area contributed by atoms with Crippen molar-refractivity contribution in [3.8, 4) is 0 Å². The zero-order valence-corrected chi connectivity index (χ0v) is 12.7. The molecule has 2 N–H and O–H groups in total. The number of alkyl halides is 9. The molecule has 3 nitrogen and oxygen atoms in total. The fourth-order valence-electron chi connectivity index (χ4n) is 1.62. The van der Waals surface area contributed by atoms with Crippen molar-refractivity contribution in [2.75, 3.05) is 11.5 Å². The second-order valence-electron chi connectivity index (χ2n) is 4.99. The smallest absolute Gasteiger partial charge is 0.399 e. The first-order chi connectivity index (χ1) is 11.0. The molecule has 1 rings (SSSR count). The summed E-state index contributed by atoms with van der Waals surface area (Å²) < 4.78 is 137. The zero-order chi connectivity index (χ0) is 19.9. The first kappa shape index (κ1) is 21.4. The topological polar surface area (TPSA) is 60.2 Å². The number of benzene rings is 1. The number of hydrogen-bond acceptors (Lipinski definition) is 3. The van der Waals surface area contributed by atoms with Crippen LogP contribution in [0.1, 0.15) is 6.42 Å². The maximum absolute atomic E-state index is 13.3. The Labute approximate surface area is 135 Å². The van der Waals surface area contributed by atoms with Crippen LogP contribution < -0.4 is 5.73 Å². The average Bonchev–Trinajstić information content (AvgIpc) is 2.44. The summed E-state index contributed by atoms with van der Waals surface area (Å²) in [7, 11) is -4.65. The fourth-order valence-corrected chi connectivity index (χ4v) is 2.93. The average molecular weight is 403 g/mol. The molecule has 0 radical (unpaired) electrons.